The SMILES string of the molecule is CC[C@H]1CN(c2ccc(C(=O)Nc3nc4ccccc4s3)c(F)c2)C(=O)O1. The molecule has 1 saturated heterocycles. The monoisotopic (exact) mass is 385 g/mol. The van der Waals surface area contributed by atoms with Crippen molar-refractivity contribution in [2.24, 2.45) is 0 Å². The van der Waals surface area contributed by atoms with Crippen molar-refractivity contribution >= 4 is 44.4 Å². The van der Waals surface area contributed by atoms with Crippen LogP contribution in [-0.4, -0.2) is 29.6 Å². The number of nitrogens with one attached hydrogen (secondary N) is 1. The fourth-order valence-corrected chi connectivity index (χ4v) is 3.75. The zero-order valence-corrected chi connectivity index (χ0v) is 15.3. The van der Waals surface area contributed by atoms with E-state index >= 15 is 0 Å². The summed E-state index contributed by atoms with van der Waals surface area (Å²) in [7, 11) is 0. The number of fused-ring (bicyclic) bond motifs is 1. The van der Waals surface area contributed by atoms with Gasteiger partial charge in [0, 0.05) is 0 Å². The zero-order chi connectivity index (χ0) is 19.0. The highest BCUT2D eigenvalue weighted by Gasteiger charge is 2.31. The maximum Gasteiger partial charge on any atom is 0.414 e. The number of benzene rings is 2. The molecule has 2 heterocycles. The molecule has 3 aromatic rings. The molecule has 0 spiro atoms. The Morgan fingerprint density at radius 3 is 2.89 bits per heavy atom. The Morgan fingerprint density at radius 2 is 2.19 bits per heavy atom. The van der Waals surface area contributed by atoms with Gasteiger partial charge in [-0.2, -0.15) is 0 Å². The van der Waals surface area contributed by atoms with Crippen LogP contribution in [0.1, 0.15) is 23.7 Å². The average Bonchev–Trinajstić information content (AvgIpc) is 3.23. The number of amides is 2. The molecule has 2 aromatic carbocycles. The van der Waals surface area contributed by atoms with Gasteiger partial charge in [-0.25, -0.2) is 14.2 Å². The second-order valence-corrected chi connectivity index (χ2v) is 7.16. The van der Waals surface area contributed by atoms with E-state index in [1.807, 2.05) is 31.2 Å². The molecule has 0 aliphatic carbocycles. The van der Waals surface area contributed by atoms with E-state index in [2.05, 4.69) is 10.3 Å². The molecule has 0 radical (unpaired) electrons. The predicted octanol–water partition coefficient (Wildman–Crippen LogP) is 4.42. The summed E-state index contributed by atoms with van der Waals surface area (Å²) < 4.78 is 20.6. The van der Waals surface area contributed by atoms with Crippen molar-refractivity contribution in [2.45, 2.75) is 19.4 Å². The largest absolute Gasteiger partial charge is 0.444 e. The third-order valence-corrected chi connectivity index (χ3v) is 5.30. The lowest BCUT2D eigenvalue weighted by Crippen LogP contribution is -2.25. The van der Waals surface area contributed by atoms with Crippen molar-refractivity contribution in [1.82, 2.24) is 4.98 Å². The van der Waals surface area contributed by atoms with Crippen LogP contribution in [0.5, 0.6) is 0 Å². The Bertz CT molecular complexity index is 1000. The lowest BCUT2D eigenvalue weighted by Gasteiger charge is -2.14. The summed E-state index contributed by atoms with van der Waals surface area (Å²) >= 11 is 1.32. The summed E-state index contributed by atoms with van der Waals surface area (Å²) in [6.45, 7) is 2.28. The van der Waals surface area contributed by atoms with Gasteiger partial charge in [-0.1, -0.05) is 30.4 Å². The minimum Gasteiger partial charge on any atom is -0.444 e. The number of halogens is 1. The predicted molar refractivity (Wildman–Crippen MR) is 102 cm³/mol. The van der Waals surface area contributed by atoms with Crippen molar-refractivity contribution in [3.05, 3.63) is 53.8 Å². The molecule has 8 heteroatoms. The van der Waals surface area contributed by atoms with Gasteiger partial charge < -0.3 is 4.74 Å². The van der Waals surface area contributed by atoms with Crippen molar-refractivity contribution in [2.75, 3.05) is 16.8 Å². The summed E-state index contributed by atoms with van der Waals surface area (Å²) in [5, 5.41) is 3.03. The molecule has 1 aliphatic rings. The maximum atomic E-state index is 14.5. The van der Waals surface area contributed by atoms with Crippen molar-refractivity contribution in [1.29, 1.82) is 0 Å². The molecule has 1 aromatic heterocycles. The molecule has 0 saturated carbocycles. The number of cyclic esters (lactones) is 1. The number of hydrogen-bond acceptors (Lipinski definition) is 5. The van der Waals surface area contributed by atoms with Crippen molar-refractivity contribution < 1.29 is 18.7 Å². The number of carbonyl (C=O) groups excluding carboxylic acids is 2. The third kappa shape index (κ3) is 3.35. The normalized spacial score (nSPS) is 16.6. The van der Waals surface area contributed by atoms with Crippen LogP contribution in [-0.2, 0) is 4.74 Å². The summed E-state index contributed by atoms with van der Waals surface area (Å²) in [5.41, 5.74) is 1.02. The Labute approximate surface area is 158 Å². The second-order valence-electron chi connectivity index (χ2n) is 6.13. The van der Waals surface area contributed by atoms with Crippen molar-refractivity contribution in [3.63, 3.8) is 0 Å². The quantitative estimate of drug-likeness (QED) is 0.722. The fraction of sp³-hybridized carbons (Fsp3) is 0.211. The van der Waals surface area contributed by atoms with E-state index in [-0.39, 0.29) is 11.7 Å². The smallest absolute Gasteiger partial charge is 0.414 e. The van der Waals surface area contributed by atoms with Gasteiger partial charge in [0.2, 0.25) is 0 Å². The van der Waals surface area contributed by atoms with Crippen LogP contribution in [0, 0.1) is 5.82 Å². The minimum atomic E-state index is -0.709. The topological polar surface area (TPSA) is 71.5 Å². The Kier molecular flexibility index (Phi) is 4.49. The minimum absolute atomic E-state index is 0.113. The first-order valence-electron chi connectivity index (χ1n) is 8.49. The molecule has 6 nitrogen and oxygen atoms in total. The molecule has 1 aliphatic heterocycles. The maximum absolute atomic E-state index is 14.5. The summed E-state index contributed by atoms with van der Waals surface area (Å²) in [6.07, 6.45) is -0.0246. The summed E-state index contributed by atoms with van der Waals surface area (Å²) in [6, 6.07) is 11.6. The van der Waals surface area contributed by atoms with E-state index in [1.165, 1.54) is 34.4 Å². The lowest BCUT2D eigenvalue weighted by molar-refractivity contribution is 0.102. The van der Waals surface area contributed by atoms with E-state index in [0.717, 1.165) is 10.2 Å². The van der Waals surface area contributed by atoms with E-state index in [0.29, 0.717) is 23.8 Å². The second kappa shape index (κ2) is 6.96. The van der Waals surface area contributed by atoms with Gasteiger partial charge in [0.1, 0.15) is 11.9 Å². The van der Waals surface area contributed by atoms with Gasteiger partial charge in [-0.3, -0.25) is 15.0 Å². The number of hydrogen-bond donors (Lipinski definition) is 1. The van der Waals surface area contributed by atoms with Crippen LogP contribution in [0.4, 0.5) is 20.0 Å². The number of nitrogens with zero attached hydrogens (tertiary/aromatic N) is 2. The number of thiazole rings is 1. The van der Waals surface area contributed by atoms with Gasteiger partial charge in [0.25, 0.3) is 5.91 Å². The van der Waals surface area contributed by atoms with Crippen LogP contribution >= 0.6 is 11.3 Å². The summed E-state index contributed by atoms with van der Waals surface area (Å²) in [5.74, 6) is -1.30. The number of ether oxygens (including phenoxy) is 1. The van der Waals surface area contributed by atoms with Gasteiger partial charge in [-0.15, -0.1) is 0 Å². The summed E-state index contributed by atoms with van der Waals surface area (Å²) in [4.78, 5) is 30.0. The number of carbonyl (C=O) groups is 2. The van der Waals surface area contributed by atoms with Gasteiger partial charge in [-0.05, 0) is 36.8 Å². The molecule has 27 heavy (non-hydrogen) atoms. The molecule has 138 valence electrons. The molecule has 4 rings (SSSR count). The van der Waals surface area contributed by atoms with Crippen LogP contribution in [0.25, 0.3) is 10.2 Å². The van der Waals surface area contributed by atoms with Gasteiger partial charge in [0.05, 0.1) is 28.0 Å². The number of anilines is 2. The Balaban J connectivity index is 1.53. The van der Waals surface area contributed by atoms with Crippen LogP contribution < -0.4 is 10.2 Å². The number of rotatable bonds is 4. The van der Waals surface area contributed by atoms with E-state index < -0.39 is 17.8 Å². The first kappa shape index (κ1) is 17.4. The first-order chi connectivity index (χ1) is 13.0. The molecule has 0 unspecified atom stereocenters. The highest BCUT2D eigenvalue weighted by molar-refractivity contribution is 7.22. The number of aromatic nitrogens is 1. The van der Waals surface area contributed by atoms with Gasteiger partial charge >= 0.3 is 6.09 Å². The highest BCUT2D eigenvalue weighted by Crippen LogP contribution is 2.27. The van der Waals surface area contributed by atoms with E-state index in [4.69, 9.17) is 4.74 Å². The molecule has 1 fully saturated rings. The lowest BCUT2D eigenvalue weighted by atomic mass is 10.1. The average molecular weight is 385 g/mol. The van der Waals surface area contributed by atoms with Crippen molar-refractivity contribution in [3.8, 4) is 0 Å². The standard InChI is InChI=1S/C19H16FN3O3S/c1-2-12-10-23(19(25)26-12)11-7-8-13(14(20)9-11)17(24)22-18-21-15-5-3-4-6-16(15)27-18/h3-9,12H,2,10H2,1H3,(H,21,22,24)/t12-/m0/s1. The van der Waals surface area contributed by atoms with E-state index in [9.17, 15) is 14.0 Å². The molecule has 1 N–H and O–H groups in total. The van der Waals surface area contributed by atoms with Crippen LogP contribution in [0.15, 0.2) is 42.5 Å². The van der Waals surface area contributed by atoms with Crippen LogP contribution in [0.2, 0.25) is 0 Å². The highest BCUT2D eigenvalue weighted by atomic mass is 32.1. The molecule has 2 amide bonds. The zero-order valence-electron chi connectivity index (χ0n) is 14.4. The molecular weight excluding hydrogens is 369 g/mol. The third-order valence-electron chi connectivity index (χ3n) is 4.35. The Hall–Kier alpha value is -3.00. The fourth-order valence-electron chi connectivity index (χ4n) is 2.89. The van der Waals surface area contributed by atoms with E-state index in [1.54, 1.807) is 0 Å². The van der Waals surface area contributed by atoms with Crippen LogP contribution in [0.3, 0.4) is 0 Å². The first-order valence-corrected chi connectivity index (χ1v) is 9.31. The molecule has 1 atom stereocenters. The number of para-hydroxylation sites is 1. The Morgan fingerprint density at radius 1 is 1.37 bits per heavy atom. The van der Waals surface area contributed by atoms with Gasteiger partial charge in [0.15, 0.2) is 5.13 Å². The molecule has 0 bridgehead atoms. The molecular formula is C19H16FN3O3S.